The predicted molar refractivity (Wildman–Crippen MR) is 73.1 cm³/mol. The first-order valence-electron chi connectivity index (χ1n) is 7.11. The lowest BCUT2D eigenvalue weighted by Gasteiger charge is -2.39. The molecule has 0 aromatic rings. The molecule has 1 aliphatic heterocycles. The highest BCUT2D eigenvalue weighted by molar-refractivity contribution is 4.83. The van der Waals surface area contributed by atoms with Gasteiger partial charge < -0.3 is 15.4 Å². The summed E-state index contributed by atoms with van der Waals surface area (Å²) in [5.41, 5.74) is 6.32. The van der Waals surface area contributed by atoms with E-state index in [-0.39, 0.29) is 0 Å². The minimum atomic E-state index is 0.341. The van der Waals surface area contributed by atoms with Crippen LogP contribution < -0.4 is 5.73 Å². The van der Waals surface area contributed by atoms with E-state index in [2.05, 4.69) is 18.7 Å². The van der Waals surface area contributed by atoms with Gasteiger partial charge >= 0.3 is 0 Å². The molecule has 0 radical (unpaired) electrons. The quantitative estimate of drug-likeness (QED) is 0.743. The van der Waals surface area contributed by atoms with Crippen LogP contribution in [0.3, 0.4) is 0 Å². The van der Waals surface area contributed by atoms with Crippen LogP contribution in [0.2, 0.25) is 0 Å². The van der Waals surface area contributed by atoms with Gasteiger partial charge in [-0.15, -0.1) is 0 Å². The molecule has 1 fully saturated rings. The predicted octanol–water partition coefficient (Wildman–Crippen LogP) is 2.11. The first-order chi connectivity index (χ1) is 8.19. The van der Waals surface area contributed by atoms with Crippen molar-refractivity contribution in [2.45, 2.75) is 39.5 Å². The second-order valence-corrected chi connectivity index (χ2v) is 5.59. The van der Waals surface area contributed by atoms with E-state index in [0.717, 1.165) is 19.1 Å². The average Bonchev–Trinajstić information content (AvgIpc) is 2.39. The van der Waals surface area contributed by atoms with Crippen LogP contribution in [-0.4, -0.2) is 44.8 Å². The molecule has 0 unspecified atom stereocenters. The van der Waals surface area contributed by atoms with Gasteiger partial charge in [0.25, 0.3) is 0 Å². The fraction of sp³-hybridized carbons (Fsp3) is 1.00. The lowest BCUT2D eigenvalue weighted by molar-refractivity contribution is 0.0720. The Kier molecular flexibility index (Phi) is 6.45. The molecule has 1 aliphatic rings. The van der Waals surface area contributed by atoms with Gasteiger partial charge in [0, 0.05) is 20.3 Å². The van der Waals surface area contributed by atoms with Gasteiger partial charge in [0.2, 0.25) is 0 Å². The molecule has 1 saturated heterocycles. The van der Waals surface area contributed by atoms with Crippen LogP contribution in [0.15, 0.2) is 0 Å². The molecule has 3 heteroatoms. The van der Waals surface area contributed by atoms with E-state index in [0.29, 0.717) is 5.41 Å². The summed E-state index contributed by atoms with van der Waals surface area (Å²) in [7, 11) is 1.81. The number of piperidine rings is 1. The van der Waals surface area contributed by atoms with Gasteiger partial charge in [0.05, 0.1) is 0 Å². The maximum atomic E-state index is 5.97. The second-order valence-electron chi connectivity index (χ2n) is 5.59. The molecule has 0 spiro atoms. The number of nitrogens with two attached hydrogens (primary N) is 1. The minimum Gasteiger partial charge on any atom is -0.384 e. The molecule has 0 saturated carbocycles. The normalized spacial score (nSPS) is 19.8. The Hall–Kier alpha value is -0.120. The average molecular weight is 242 g/mol. The smallest absolute Gasteiger partial charge is 0.0491 e. The van der Waals surface area contributed by atoms with Crippen LogP contribution in [0.25, 0.3) is 0 Å². The largest absolute Gasteiger partial charge is 0.384 e. The van der Waals surface area contributed by atoms with Crippen molar-refractivity contribution in [3.8, 4) is 0 Å². The van der Waals surface area contributed by atoms with E-state index in [9.17, 15) is 0 Å². The standard InChI is InChI=1S/C14H30N2O/c1-4-14(5-2,11-15)12-16-8-6-13(7-9-16)10-17-3/h13H,4-12,15H2,1-3H3. The minimum absolute atomic E-state index is 0.341. The third-order valence-electron chi connectivity index (χ3n) is 4.60. The Morgan fingerprint density at radius 2 is 1.82 bits per heavy atom. The first kappa shape index (κ1) is 14.9. The van der Waals surface area contributed by atoms with Crippen molar-refractivity contribution < 1.29 is 4.74 Å². The number of likely N-dealkylation sites (tertiary alicyclic amines) is 1. The SMILES string of the molecule is CCC(CC)(CN)CN1CCC(COC)CC1. The molecule has 102 valence electrons. The number of hydrogen-bond acceptors (Lipinski definition) is 3. The number of nitrogens with zero attached hydrogens (tertiary/aromatic N) is 1. The number of rotatable bonds is 7. The number of hydrogen-bond donors (Lipinski definition) is 1. The third kappa shape index (κ3) is 4.23. The molecule has 3 nitrogen and oxygen atoms in total. The first-order valence-corrected chi connectivity index (χ1v) is 7.11. The van der Waals surface area contributed by atoms with Crippen molar-refractivity contribution in [1.82, 2.24) is 4.90 Å². The Bertz CT molecular complexity index is 188. The van der Waals surface area contributed by atoms with Crippen molar-refractivity contribution >= 4 is 0 Å². The summed E-state index contributed by atoms with van der Waals surface area (Å²) in [6.45, 7) is 9.90. The summed E-state index contributed by atoms with van der Waals surface area (Å²) in [5.74, 6) is 0.770. The van der Waals surface area contributed by atoms with Gasteiger partial charge in [-0.25, -0.2) is 0 Å². The van der Waals surface area contributed by atoms with Crippen LogP contribution in [0.5, 0.6) is 0 Å². The summed E-state index contributed by atoms with van der Waals surface area (Å²) >= 11 is 0. The molecule has 1 heterocycles. The molecule has 17 heavy (non-hydrogen) atoms. The molecular weight excluding hydrogens is 212 g/mol. The molecule has 2 N–H and O–H groups in total. The molecule has 0 aliphatic carbocycles. The fourth-order valence-electron chi connectivity index (χ4n) is 2.85. The van der Waals surface area contributed by atoms with Gasteiger partial charge in [-0.3, -0.25) is 0 Å². The van der Waals surface area contributed by atoms with Crippen LogP contribution in [-0.2, 0) is 4.74 Å². The van der Waals surface area contributed by atoms with Crippen molar-refractivity contribution in [3.63, 3.8) is 0 Å². The van der Waals surface area contributed by atoms with Crippen molar-refractivity contribution in [2.24, 2.45) is 17.1 Å². The maximum Gasteiger partial charge on any atom is 0.0491 e. The van der Waals surface area contributed by atoms with Gasteiger partial charge in [0.15, 0.2) is 0 Å². The monoisotopic (exact) mass is 242 g/mol. The summed E-state index contributed by atoms with van der Waals surface area (Å²) in [4.78, 5) is 2.60. The van der Waals surface area contributed by atoms with Crippen LogP contribution >= 0.6 is 0 Å². The van der Waals surface area contributed by atoms with Crippen molar-refractivity contribution in [2.75, 3.05) is 39.9 Å². The van der Waals surface area contributed by atoms with Crippen LogP contribution in [0, 0.1) is 11.3 Å². The highest BCUT2D eigenvalue weighted by atomic mass is 16.5. The Morgan fingerprint density at radius 1 is 1.24 bits per heavy atom. The zero-order valence-corrected chi connectivity index (χ0v) is 11.9. The Balaban J connectivity index is 2.38. The summed E-state index contributed by atoms with van der Waals surface area (Å²) in [5, 5.41) is 0. The van der Waals surface area contributed by atoms with Crippen LogP contribution in [0.1, 0.15) is 39.5 Å². The van der Waals surface area contributed by atoms with E-state index < -0.39 is 0 Å². The Morgan fingerprint density at radius 3 is 2.24 bits per heavy atom. The van der Waals surface area contributed by atoms with Crippen molar-refractivity contribution in [3.05, 3.63) is 0 Å². The lowest BCUT2D eigenvalue weighted by Crippen LogP contribution is -2.45. The molecular formula is C14H30N2O. The lowest BCUT2D eigenvalue weighted by atomic mass is 9.81. The highest BCUT2D eigenvalue weighted by Gasteiger charge is 2.29. The summed E-state index contributed by atoms with van der Waals surface area (Å²) < 4.78 is 5.24. The Labute approximate surface area is 107 Å². The van der Waals surface area contributed by atoms with Gasteiger partial charge in [0.1, 0.15) is 0 Å². The van der Waals surface area contributed by atoms with E-state index in [1.807, 2.05) is 0 Å². The van der Waals surface area contributed by atoms with E-state index in [1.54, 1.807) is 7.11 Å². The number of methoxy groups -OCH3 is 1. The van der Waals surface area contributed by atoms with E-state index in [1.165, 1.54) is 45.3 Å². The van der Waals surface area contributed by atoms with Gasteiger partial charge in [-0.2, -0.15) is 0 Å². The third-order valence-corrected chi connectivity index (χ3v) is 4.60. The zero-order chi connectivity index (χ0) is 12.7. The molecule has 0 aromatic carbocycles. The number of ether oxygens (including phenoxy) is 1. The maximum absolute atomic E-state index is 5.97. The molecule has 0 aromatic heterocycles. The van der Waals surface area contributed by atoms with E-state index >= 15 is 0 Å². The second kappa shape index (κ2) is 7.34. The molecule has 0 atom stereocenters. The van der Waals surface area contributed by atoms with Gasteiger partial charge in [-0.05, 0) is 56.7 Å². The van der Waals surface area contributed by atoms with Crippen molar-refractivity contribution in [1.29, 1.82) is 0 Å². The highest BCUT2D eigenvalue weighted by Crippen LogP contribution is 2.28. The topological polar surface area (TPSA) is 38.5 Å². The summed E-state index contributed by atoms with van der Waals surface area (Å²) in [6.07, 6.45) is 4.94. The molecule has 1 rings (SSSR count). The zero-order valence-electron chi connectivity index (χ0n) is 11.9. The molecule has 0 amide bonds. The summed E-state index contributed by atoms with van der Waals surface area (Å²) in [6, 6.07) is 0. The van der Waals surface area contributed by atoms with Crippen LogP contribution in [0.4, 0.5) is 0 Å². The van der Waals surface area contributed by atoms with E-state index in [4.69, 9.17) is 10.5 Å². The molecule has 0 bridgehead atoms. The van der Waals surface area contributed by atoms with Gasteiger partial charge in [-0.1, -0.05) is 13.8 Å². The fourth-order valence-corrected chi connectivity index (χ4v) is 2.85.